The second-order valence-corrected chi connectivity index (χ2v) is 14.7. The minimum atomic E-state index is 0.576. The minimum absolute atomic E-state index is 0.576. The van der Waals surface area contributed by atoms with E-state index in [1.165, 1.54) is 10.3 Å². The lowest BCUT2D eigenvalue weighted by Gasteiger charge is -2.10. The van der Waals surface area contributed by atoms with Crippen LogP contribution in [0.5, 0.6) is 0 Å². The van der Waals surface area contributed by atoms with Gasteiger partial charge in [0.1, 0.15) is 11.2 Å². The maximum atomic E-state index is 6.51. The molecular formula is C49H29N5OS. The highest BCUT2D eigenvalue weighted by molar-refractivity contribution is 7.26. The van der Waals surface area contributed by atoms with Gasteiger partial charge in [0.25, 0.3) is 0 Å². The summed E-state index contributed by atoms with van der Waals surface area (Å²) in [6.07, 6.45) is 0. The van der Waals surface area contributed by atoms with Crippen molar-refractivity contribution in [3.63, 3.8) is 0 Å². The summed E-state index contributed by atoms with van der Waals surface area (Å²) < 4.78 is 8.72. The first-order valence-corrected chi connectivity index (χ1v) is 19.2. The van der Waals surface area contributed by atoms with Crippen molar-refractivity contribution < 1.29 is 4.42 Å². The van der Waals surface area contributed by atoms with Crippen molar-refractivity contribution >= 4 is 53.6 Å². The smallest absolute Gasteiger partial charge is 0.164 e. The first-order valence-electron chi connectivity index (χ1n) is 18.4. The molecule has 4 aromatic heterocycles. The van der Waals surface area contributed by atoms with Crippen LogP contribution in [0.1, 0.15) is 0 Å². The Hall–Kier alpha value is -7.35. The van der Waals surface area contributed by atoms with Crippen molar-refractivity contribution in [3.8, 4) is 67.9 Å². The van der Waals surface area contributed by atoms with E-state index in [2.05, 4.69) is 91.0 Å². The topological polar surface area (TPSA) is 77.6 Å². The first-order chi connectivity index (χ1) is 27.7. The molecular weight excluding hydrogens is 707 g/mol. The molecule has 0 bridgehead atoms. The van der Waals surface area contributed by atoms with E-state index in [0.717, 1.165) is 76.6 Å². The molecule has 6 nitrogen and oxygen atoms in total. The Balaban J connectivity index is 1.11. The highest BCUT2D eigenvalue weighted by Gasteiger charge is 2.21. The third-order valence-electron chi connectivity index (χ3n) is 10.2. The SMILES string of the molecule is c1ccc(-c2ccc(-c3nc(-c4ccc5oc6cccc(-c7nc(-c8ccccc8)nc(-c8ccccc8)n7)c6c5c4)c4sc5ccccc5c4n3)cc2)cc1. The molecule has 7 aromatic carbocycles. The van der Waals surface area contributed by atoms with Crippen molar-refractivity contribution in [1.82, 2.24) is 24.9 Å². The van der Waals surface area contributed by atoms with Crippen LogP contribution in [0.15, 0.2) is 180 Å². The van der Waals surface area contributed by atoms with Gasteiger partial charge in [0.05, 0.1) is 15.9 Å². The highest BCUT2D eigenvalue weighted by atomic mass is 32.1. The monoisotopic (exact) mass is 735 g/mol. The van der Waals surface area contributed by atoms with Crippen LogP contribution in [-0.2, 0) is 0 Å². The Labute approximate surface area is 325 Å². The number of nitrogens with zero attached hydrogens (tertiary/aromatic N) is 5. The Morgan fingerprint density at radius 1 is 0.375 bits per heavy atom. The van der Waals surface area contributed by atoms with Gasteiger partial charge in [0, 0.05) is 48.7 Å². The number of rotatable bonds is 6. The summed E-state index contributed by atoms with van der Waals surface area (Å²) in [5.41, 5.74) is 10.3. The Morgan fingerprint density at radius 3 is 1.64 bits per heavy atom. The molecule has 0 aliphatic carbocycles. The molecule has 0 aliphatic rings. The Kier molecular flexibility index (Phi) is 7.57. The quantitative estimate of drug-likeness (QED) is 0.169. The van der Waals surface area contributed by atoms with Crippen LogP contribution in [0.2, 0.25) is 0 Å². The summed E-state index contributed by atoms with van der Waals surface area (Å²) in [5, 5.41) is 3.01. The first kappa shape index (κ1) is 32.1. The fraction of sp³-hybridized carbons (Fsp3) is 0. The summed E-state index contributed by atoms with van der Waals surface area (Å²) in [6.45, 7) is 0. The zero-order valence-corrected chi connectivity index (χ0v) is 30.6. The third kappa shape index (κ3) is 5.52. The number of aromatic nitrogens is 5. The molecule has 0 atom stereocenters. The largest absolute Gasteiger partial charge is 0.456 e. The molecule has 0 saturated heterocycles. The molecule has 0 N–H and O–H groups in total. The van der Waals surface area contributed by atoms with Gasteiger partial charge in [-0.2, -0.15) is 0 Å². The average Bonchev–Trinajstić information content (AvgIpc) is 3.85. The molecule has 0 aliphatic heterocycles. The number of fused-ring (bicyclic) bond motifs is 6. The van der Waals surface area contributed by atoms with Gasteiger partial charge >= 0.3 is 0 Å². The van der Waals surface area contributed by atoms with Crippen LogP contribution >= 0.6 is 11.3 Å². The molecule has 4 heterocycles. The van der Waals surface area contributed by atoms with Crippen molar-refractivity contribution in [3.05, 3.63) is 176 Å². The van der Waals surface area contributed by atoms with E-state index in [1.807, 2.05) is 84.9 Å². The van der Waals surface area contributed by atoms with E-state index >= 15 is 0 Å². The van der Waals surface area contributed by atoms with E-state index in [1.54, 1.807) is 11.3 Å². The summed E-state index contributed by atoms with van der Waals surface area (Å²) in [5.74, 6) is 2.47. The molecule has 0 amide bonds. The summed E-state index contributed by atoms with van der Waals surface area (Å²) in [7, 11) is 0. The zero-order valence-electron chi connectivity index (χ0n) is 29.8. The molecule has 7 heteroatoms. The van der Waals surface area contributed by atoms with E-state index in [4.69, 9.17) is 29.3 Å². The molecule has 0 saturated carbocycles. The summed E-state index contributed by atoms with van der Waals surface area (Å²) >= 11 is 1.72. The van der Waals surface area contributed by atoms with Gasteiger partial charge in [-0.1, -0.05) is 146 Å². The van der Waals surface area contributed by atoms with E-state index in [-0.39, 0.29) is 0 Å². The highest BCUT2D eigenvalue weighted by Crippen LogP contribution is 2.42. The Morgan fingerprint density at radius 2 is 0.929 bits per heavy atom. The maximum absolute atomic E-state index is 6.51. The van der Waals surface area contributed by atoms with Crippen molar-refractivity contribution in [2.75, 3.05) is 0 Å². The van der Waals surface area contributed by atoms with E-state index < -0.39 is 0 Å². The third-order valence-corrected chi connectivity index (χ3v) is 11.3. The van der Waals surface area contributed by atoms with E-state index in [9.17, 15) is 0 Å². The molecule has 11 rings (SSSR count). The van der Waals surface area contributed by atoms with Gasteiger partial charge in [-0.05, 0) is 41.5 Å². The molecule has 0 unspecified atom stereocenters. The molecule has 0 fully saturated rings. The standard InChI is InChI=1S/C49H29N5OS/c1-4-13-30(14-5-1)31-23-25-34(26-24-31)46-50-43(45-44(51-46)36-19-10-11-22-41(36)56-45)35-27-28-39-38(29-35)42-37(20-12-21-40(42)55-39)49-53-47(32-15-6-2-7-16-32)52-48(54-49)33-17-8-3-9-18-33/h1-29H. The Bertz CT molecular complexity index is 3180. The van der Waals surface area contributed by atoms with Crippen LogP contribution in [0.4, 0.5) is 0 Å². The lowest BCUT2D eigenvalue weighted by molar-refractivity contribution is 0.669. The van der Waals surface area contributed by atoms with Crippen LogP contribution in [0.25, 0.3) is 110 Å². The normalized spacial score (nSPS) is 11.6. The van der Waals surface area contributed by atoms with Gasteiger partial charge in [-0.3, -0.25) is 0 Å². The van der Waals surface area contributed by atoms with Gasteiger partial charge in [-0.25, -0.2) is 24.9 Å². The van der Waals surface area contributed by atoms with Crippen molar-refractivity contribution in [1.29, 1.82) is 0 Å². The molecule has 11 aromatic rings. The zero-order chi connectivity index (χ0) is 37.0. The number of benzene rings is 7. The van der Waals surface area contributed by atoms with Gasteiger partial charge in [0.15, 0.2) is 23.3 Å². The molecule has 262 valence electrons. The summed E-state index contributed by atoms with van der Waals surface area (Å²) in [6, 6.07) is 59.8. The second-order valence-electron chi connectivity index (χ2n) is 13.6. The minimum Gasteiger partial charge on any atom is -0.456 e. The lowest BCUT2D eigenvalue weighted by Crippen LogP contribution is -2.00. The molecule has 0 spiro atoms. The van der Waals surface area contributed by atoms with Gasteiger partial charge in [-0.15, -0.1) is 11.3 Å². The predicted molar refractivity (Wildman–Crippen MR) is 228 cm³/mol. The number of thiophene rings is 1. The summed E-state index contributed by atoms with van der Waals surface area (Å²) in [4.78, 5) is 25.6. The maximum Gasteiger partial charge on any atom is 0.164 e. The average molecular weight is 736 g/mol. The molecule has 0 radical (unpaired) electrons. The van der Waals surface area contributed by atoms with Crippen LogP contribution < -0.4 is 0 Å². The van der Waals surface area contributed by atoms with Gasteiger partial charge < -0.3 is 4.42 Å². The molecule has 56 heavy (non-hydrogen) atoms. The van der Waals surface area contributed by atoms with Crippen molar-refractivity contribution in [2.24, 2.45) is 0 Å². The van der Waals surface area contributed by atoms with Crippen molar-refractivity contribution in [2.45, 2.75) is 0 Å². The van der Waals surface area contributed by atoms with Crippen LogP contribution in [0, 0.1) is 0 Å². The predicted octanol–water partition coefficient (Wildman–Crippen LogP) is 12.9. The van der Waals surface area contributed by atoms with E-state index in [0.29, 0.717) is 23.3 Å². The number of hydrogen-bond donors (Lipinski definition) is 0. The second kappa shape index (κ2) is 13.2. The fourth-order valence-electron chi connectivity index (χ4n) is 7.45. The lowest BCUT2D eigenvalue weighted by atomic mass is 10.0. The number of hydrogen-bond acceptors (Lipinski definition) is 7. The van der Waals surface area contributed by atoms with Crippen LogP contribution in [-0.4, -0.2) is 24.9 Å². The fourth-order valence-corrected chi connectivity index (χ4v) is 8.60. The van der Waals surface area contributed by atoms with Crippen LogP contribution in [0.3, 0.4) is 0 Å². The number of furan rings is 1. The van der Waals surface area contributed by atoms with Gasteiger partial charge in [0.2, 0.25) is 0 Å².